The second-order valence-corrected chi connectivity index (χ2v) is 4.26. The molecule has 3 rings (SSSR count). The number of furan rings is 1. The predicted molar refractivity (Wildman–Crippen MR) is 71.3 cm³/mol. The summed E-state index contributed by atoms with van der Waals surface area (Å²) in [6.45, 7) is 0.717. The monoisotopic (exact) mass is 257 g/mol. The molecule has 0 amide bonds. The summed E-state index contributed by atoms with van der Waals surface area (Å²) in [5, 5.41) is 0. The highest BCUT2D eigenvalue weighted by atomic mass is 16.5. The molecule has 3 aromatic heterocycles. The fourth-order valence-corrected chi connectivity index (χ4v) is 2.13. The Labute approximate surface area is 110 Å². The molecule has 19 heavy (non-hydrogen) atoms. The lowest BCUT2D eigenvalue weighted by atomic mass is 10.3. The van der Waals surface area contributed by atoms with Gasteiger partial charge in [-0.2, -0.15) is 0 Å². The van der Waals surface area contributed by atoms with Crippen LogP contribution in [0.5, 0.6) is 0 Å². The van der Waals surface area contributed by atoms with E-state index in [0.717, 1.165) is 42.3 Å². The highest BCUT2D eigenvalue weighted by Gasteiger charge is 2.14. The van der Waals surface area contributed by atoms with Crippen molar-refractivity contribution in [2.24, 2.45) is 0 Å². The molecule has 0 atom stereocenters. The van der Waals surface area contributed by atoms with E-state index in [1.807, 2.05) is 28.8 Å². The first-order chi connectivity index (χ1) is 9.40. The number of aromatic nitrogens is 3. The van der Waals surface area contributed by atoms with Crippen molar-refractivity contribution < 1.29 is 9.15 Å². The van der Waals surface area contributed by atoms with Gasteiger partial charge in [0.1, 0.15) is 11.3 Å². The summed E-state index contributed by atoms with van der Waals surface area (Å²) in [5.74, 6) is 1.69. The third-order valence-corrected chi connectivity index (χ3v) is 2.96. The number of hydrogen-bond donors (Lipinski definition) is 0. The SMILES string of the molecule is COCCCc1nc2cccnc2n1-c1ccco1. The minimum absolute atomic E-state index is 0.717. The van der Waals surface area contributed by atoms with E-state index in [2.05, 4.69) is 9.97 Å². The lowest BCUT2D eigenvalue weighted by molar-refractivity contribution is 0.194. The number of pyridine rings is 1. The van der Waals surface area contributed by atoms with Crippen molar-refractivity contribution in [3.8, 4) is 5.88 Å². The maximum atomic E-state index is 5.48. The van der Waals surface area contributed by atoms with Crippen molar-refractivity contribution in [1.82, 2.24) is 14.5 Å². The molecule has 5 nitrogen and oxygen atoms in total. The molecular formula is C14H15N3O2. The number of aryl methyl sites for hydroxylation is 1. The van der Waals surface area contributed by atoms with Gasteiger partial charge in [0.25, 0.3) is 0 Å². The summed E-state index contributed by atoms with van der Waals surface area (Å²) in [6, 6.07) is 7.63. The van der Waals surface area contributed by atoms with Crippen LogP contribution in [-0.2, 0) is 11.2 Å². The molecule has 0 radical (unpaired) electrons. The Hall–Kier alpha value is -2.14. The summed E-state index contributed by atoms with van der Waals surface area (Å²) in [4.78, 5) is 9.02. The van der Waals surface area contributed by atoms with Crippen LogP contribution in [0.25, 0.3) is 17.0 Å². The third kappa shape index (κ3) is 2.24. The standard InChI is InChI=1S/C14H15N3O2/c1-18-9-3-6-12-16-11-5-2-8-15-14(11)17(12)13-7-4-10-19-13/h2,4-5,7-8,10H,3,6,9H2,1H3. The molecular weight excluding hydrogens is 242 g/mol. The number of fused-ring (bicyclic) bond motifs is 1. The Kier molecular flexibility index (Phi) is 3.29. The van der Waals surface area contributed by atoms with Crippen LogP contribution >= 0.6 is 0 Å². The Morgan fingerprint density at radius 1 is 1.32 bits per heavy atom. The van der Waals surface area contributed by atoms with Gasteiger partial charge in [-0.1, -0.05) is 0 Å². The zero-order chi connectivity index (χ0) is 13.1. The molecule has 0 spiro atoms. The summed E-state index contributed by atoms with van der Waals surface area (Å²) in [6.07, 6.45) is 5.16. The average Bonchev–Trinajstić information content (AvgIpc) is 3.04. The first-order valence-corrected chi connectivity index (χ1v) is 6.25. The number of nitrogens with zero attached hydrogens (tertiary/aromatic N) is 3. The number of ether oxygens (including phenoxy) is 1. The van der Waals surface area contributed by atoms with E-state index in [1.54, 1.807) is 19.6 Å². The number of rotatable bonds is 5. The van der Waals surface area contributed by atoms with Gasteiger partial charge in [-0.05, 0) is 24.6 Å². The summed E-state index contributed by atoms with van der Waals surface area (Å²) in [5.41, 5.74) is 1.70. The molecule has 3 aromatic rings. The molecule has 0 N–H and O–H groups in total. The summed E-state index contributed by atoms with van der Waals surface area (Å²) in [7, 11) is 1.71. The maximum absolute atomic E-state index is 5.48. The molecule has 0 unspecified atom stereocenters. The first kappa shape index (κ1) is 11.9. The second kappa shape index (κ2) is 5.24. The minimum atomic E-state index is 0.717. The van der Waals surface area contributed by atoms with Gasteiger partial charge in [-0.15, -0.1) is 0 Å². The smallest absolute Gasteiger partial charge is 0.206 e. The molecule has 0 aliphatic heterocycles. The Morgan fingerprint density at radius 3 is 3.05 bits per heavy atom. The molecule has 3 heterocycles. The van der Waals surface area contributed by atoms with Crippen molar-refractivity contribution in [2.45, 2.75) is 12.8 Å². The first-order valence-electron chi connectivity index (χ1n) is 6.25. The van der Waals surface area contributed by atoms with Crippen molar-refractivity contribution >= 4 is 11.2 Å². The van der Waals surface area contributed by atoms with Crippen LogP contribution < -0.4 is 0 Å². The molecule has 5 heteroatoms. The van der Waals surface area contributed by atoms with Crippen LogP contribution in [0, 0.1) is 0 Å². The van der Waals surface area contributed by atoms with E-state index in [0.29, 0.717) is 0 Å². The largest absolute Gasteiger partial charge is 0.448 e. The normalized spacial score (nSPS) is 11.2. The van der Waals surface area contributed by atoms with E-state index >= 15 is 0 Å². The number of hydrogen-bond acceptors (Lipinski definition) is 4. The number of methoxy groups -OCH3 is 1. The van der Waals surface area contributed by atoms with Crippen molar-refractivity contribution in [2.75, 3.05) is 13.7 Å². The van der Waals surface area contributed by atoms with Crippen LogP contribution in [-0.4, -0.2) is 28.3 Å². The van der Waals surface area contributed by atoms with Gasteiger partial charge in [-0.3, -0.25) is 0 Å². The second-order valence-electron chi connectivity index (χ2n) is 4.26. The zero-order valence-corrected chi connectivity index (χ0v) is 10.7. The van der Waals surface area contributed by atoms with Gasteiger partial charge in [0.2, 0.25) is 5.88 Å². The maximum Gasteiger partial charge on any atom is 0.206 e. The molecule has 0 fully saturated rings. The average molecular weight is 257 g/mol. The van der Waals surface area contributed by atoms with E-state index in [1.165, 1.54) is 0 Å². The Balaban J connectivity index is 2.07. The Morgan fingerprint density at radius 2 is 2.26 bits per heavy atom. The van der Waals surface area contributed by atoms with Gasteiger partial charge in [0, 0.05) is 32.4 Å². The quantitative estimate of drug-likeness (QED) is 0.659. The lowest BCUT2D eigenvalue weighted by Gasteiger charge is -2.04. The van der Waals surface area contributed by atoms with Crippen LogP contribution in [0.4, 0.5) is 0 Å². The molecule has 0 saturated carbocycles. The van der Waals surface area contributed by atoms with Crippen LogP contribution in [0.2, 0.25) is 0 Å². The van der Waals surface area contributed by atoms with Gasteiger partial charge in [-0.25, -0.2) is 14.5 Å². The van der Waals surface area contributed by atoms with Gasteiger partial charge >= 0.3 is 0 Å². The van der Waals surface area contributed by atoms with Crippen molar-refractivity contribution in [3.05, 3.63) is 42.5 Å². The highest BCUT2D eigenvalue weighted by molar-refractivity contribution is 5.73. The molecule has 0 saturated heterocycles. The van der Waals surface area contributed by atoms with Gasteiger partial charge in [0.05, 0.1) is 6.26 Å². The topological polar surface area (TPSA) is 53.1 Å². The van der Waals surface area contributed by atoms with E-state index in [4.69, 9.17) is 9.15 Å². The molecule has 0 aliphatic carbocycles. The molecule has 0 bridgehead atoms. The Bertz CT molecular complexity index is 658. The van der Waals surface area contributed by atoms with E-state index in [9.17, 15) is 0 Å². The highest BCUT2D eigenvalue weighted by Crippen LogP contribution is 2.20. The van der Waals surface area contributed by atoms with Crippen LogP contribution in [0.1, 0.15) is 12.2 Å². The molecule has 0 aromatic carbocycles. The van der Waals surface area contributed by atoms with Crippen LogP contribution in [0.15, 0.2) is 41.1 Å². The molecule has 0 aliphatic rings. The van der Waals surface area contributed by atoms with Crippen molar-refractivity contribution in [1.29, 1.82) is 0 Å². The predicted octanol–water partition coefficient (Wildman–Crippen LogP) is 2.59. The summed E-state index contributed by atoms with van der Waals surface area (Å²) < 4.78 is 12.5. The minimum Gasteiger partial charge on any atom is -0.448 e. The summed E-state index contributed by atoms with van der Waals surface area (Å²) >= 11 is 0. The fraction of sp³-hybridized carbons (Fsp3) is 0.286. The zero-order valence-electron chi connectivity index (χ0n) is 10.7. The fourth-order valence-electron chi connectivity index (χ4n) is 2.13. The molecule has 98 valence electrons. The van der Waals surface area contributed by atoms with Gasteiger partial charge in [0.15, 0.2) is 5.65 Å². The number of imidazole rings is 1. The van der Waals surface area contributed by atoms with E-state index < -0.39 is 0 Å². The lowest BCUT2D eigenvalue weighted by Crippen LogP contribution is -2.03. The van der Waals surface area contributed by atoms with E-state index in [-0.39, 0.29) is 0 Å². The van der Waals surface area contributed by atoms with Crippen LogP contribution in [0.3, 0.4) is 0 Å². The van der Waals surface area contributed by atoms with Crippen molar-refractivity contribution in [3.63, 3.8) is 0 Å². The third-order valence-electron chi connectivity index (χ3n) is 2.96. The van der Waals surface area contributed by atoms with Gasteiger partial charge < -0.3 is 9.15 Å².